The van der Waals surface area contributed by atoms with Gasteiger partial charge >= 0.3 is 5.97 Å². The van der Waals surface area contributed by atoms with E-state index in [1.807, 2.05) is 18.2 Å². The van der Waals surface area contributed by atoms with Gasteiger partial charge in [0, 0.05) is 30.6 Å². The molecule has 30 heavy (non-hydrogen) atoms. The number of hydrogen-bond acceptors (Lipinski definition) is 7. The van der Waals surface area contributed by atoms with Crippen LogP contribution in [0.15, 0.2) is 40.9 Å². The third kappa shape index (κ3) is 4.29. The van der Waals surface area contributed by atoms with Crippen molar-refractivity contribution in [3.8, 4) is 0 Å². The molecule has 2 aromatic heterocycles. The van der Waals surface area contributed by atoms with Crippen LogP contribution in [0.5, 0.6) is 0 Å². The number of esters is 1. The van der Waals surface area contributed by atoms with Gasteiger partial charge in [-0.05, 0) is 31.4 Å². The smallest absolute Gasteiger partial charge is 0.341 e. The molecule has 1 amide bonds. The second-order valence-electron chi connectivity index (χ2n) is 7.16. The molecule has 0 bridgehead atoms. The number of carbonyl (C=O) groups is 2. The third-order valence-electron chi connectivity index (χ3n) is 4.94. The zero-order valence-electron chi connectivity index (χ0n) is 16.9. The summed E-state index contributed by atoms with van der Waals surface area (Å²) in [6.07, 6.45) is 0.726. The van der Waals surface area contributed by atoms with E-state index in [-0.39, 0.29) is 12.4 Å². The summed E-state index contributed by atoms with van der Waals surface area (Å²) >= 11 is 1.42. The lowest BCUT2D eigenvalue weighted by atomic mass is 10.0. The number of amides is 1. The Morgan fingerprint density at radius 2 is 2.10 bits per heavy atom. The minimum Gasteiger partial charge on any atom is -0.462 e. The lowest BCUT2D eigenvalue weighted by molar-refractivity contribution is 0.0526. The Labute approximate surface area is 178 Å². The van der Waals surface area contributed by atoms with E-state index >= 15 is 0 Å². The van der Waals surface area contributed by atoms with Crippen molar-refractivity contribution >= 4 is 28.2 Å². The van der Waals surface area contributed by atoms with Crippen LogP contribution in [-0.4, -0.2) is 35.1 Å². The van der Waals surface area contributed by atoms with Crippen LogP contribution < -0.4 is 5.32 Å². The molecule has 4 rings (SSSR count). The van der Waals surface area contributed by atoms with Crippen LogP contribution in [0.25, 0.3) is 0 Å². The summed E-state index contributed by atoms with van der Waals surface area (Å²) in [7, 11) is 0. The Balaban J connectivity index is 1.59. The first kappa shape index (κ1) is 20.3. The fourth-order valence-corrected chi connectivity index (χ4v) is 4.85. The highest BCUT2D eigenvalue weighted by atomic mass is 32.1. The molecule has 7 nitrogen and oxygen atoms in total. The number of ether oxygens (including phenoxy) is 1. The van der Waals surface area contributed by atoms with Crippen molar-refractivity contribution in [2.45, 2.75) is 33.4 Å². The summed E-state index contributed by atoms with van der Waals surface area (Å²) in [5.41, 5.74) is 3.29. The number of rotatable bonds is 6. The largest absolute Gasteiger partial charge is 0.462 e. The topological polar surface area (TPSA) is 84.7 Å². The van der Waals surface area contributed by atoms with Gasteiger partial charge in [-0.2, -0.15) is 0 Å². The molecule has 0 saturated carbocycles. The minimum atomic E-state index is -0.430. The molecule has 1 aliphatic rings. The van der Waals surface area contributed by atoms with E-state index in [4.69, 9.17) is 9.26 Å². The average Bonchev–Trinajstić information content (AvgIpc) is 3.32. The molecule has 0 aliphatic carbocycles. The van der Waals surface area contributed by atoms with Crippen LogP contribution in [0.1, 0.15) is 49.5 Å². The Kier molecular flexibility index (Phi) is 5.96. The van der Waals surface area contributed by atoms with Gasteiger partial charge in [0.25, 0.3) is 5.91 Å². The first-order valence-electron chi connectivity index (χ1n) is 9.87. The standard InChI is InChI=1S/C22H23N3O4S/c1-3-28-22(27)19-16-9-10-25(12-15-7-5-4-6-8-15)13-18(16)30-21(19)23-20(26)17-11-14(2)24-29-17/h4-8,11H,3,9-10,12-13H2,1-2H3,(H,23,26). The predicted octanol–water partition coefficient (Wildman–Crippen LogP) is 4.03. The van der Waals surface area contributed by atoms with Gasteiger partial charge in [-0.25, -0.2) is 4.79 Å². The molecule has 1 aromatic carbocycles. The normalized spacial score (nSPS) is 13.7. The Hall–Kier alpha value is -2.97. The van der Waals surface area contributed by atoms with Crippen molar-refractivity contribution in [1.82, 2.24) is 10.1 Å². The maximum absolute atomic E-state index is 12.7. The first-order chi connectivity index (χ1) is 14.5. The summed E-state index contributed by atoms with van der Waals surface area (Å²) in [4.78, 5) is 28.7. The van der Waals surface area contributed by atoms with Crippen molar-refractivity contribution in [1.29, 1.82) is 0 Å². The number of nitrogens with zero attached hydrogens (tertiary/aromatic N) is 2. The van der Waals surface area contributed by atoms with Gasteiger partial charge in [0.05, 0.1) is 17.9 Å². The second kappa shape index (κ2) is 8.81. The summed E-state index contributed by atoms with van der Waals surface area (Å²) < 4.78 is 10.3. The molecular weight excluding hydrogens is 402 g/mol. The number of carbonyl (C=O) groups excluding carboxylic acids is 2. The summed E-state index contributed by atoms with van der Waals surface area (Å²) in [5.74, 6) is -0.726. The van der Waals surface area contributed by atoms with Crippen molar-refractivity contribution in [2.24, 2.45) is 0 Å². The number of fused-ring (bicyclic) bond motifs is 1. The molecule has 0 saturated heterocycles. The minimum absolute atomic E-state index is 0.111. The summed E-state index contributed by atoms with van der Waals surface area (Å²) in [5, 5.41) is 7.08. The molecule has 1 N–H and O–H groups in total. The third-order valence-corrected chi connectivity index (χ3v) is 6.08. The van der Waals surface area contributed by atoms with Crippen LogP contribution in [0.3, 0.4) is 0 Å². The maximum Gasteiger partial charge on any atom is 0.341 e. The van der Waals surface area contributed by atoms with Crippen LogP contribution in [0, 0.1) is 6.92 Å². The fraction of sp³-hybridized carbons (Fsp3) is 0.318. The number of aromatic nitrogens is 1. The first-order valence-corrected chi connectivity index (χ1v) is 10.7. The van der Waals surface area contributed by atoms with E-state index in [0.717, 1.165) is 36.5 Å². The molecule has 1 aliphatic heterocycles. The van der Waals surface area contributed by atoms with Gasteiger partial charge in [-0.15, -0.1) is 11.3 Å². The van der Waals surface area contributed by atoms with E-state index < -0.39 is 11.9 Å². The van der Waals surface area contributed by atoms with Crippen molar-refractivity contribution < 1.29 is 18.8 Å². The van der Waals surface area contributed by atoms with Crippen molar-refractivity contribution in [3.63, 3.8) is 0 Å². The number of benzene rings is 1. The van der Waals surface area contributed by atoms with E-state index in [1.54, 1.807) is 19.9 Å². The SMILES string of the molecule is CCOC(=O)c1c(NC(=O)c2cc(C)no2)sc2c1CCN(Cc1ccccc1)C2. The van der Waals surface area contributed by atoms with E-state index in [2.05, 4.69) is 27.5 Å². The van der Waals surface area contributed by atoms with Gasteiger partial charge in [0.15, 0.2) is 0 Å². The van der Waals surface area contributed by atoms with Gasteiger partial charge in [0.1, 0.15) is 5.00 Å². The van der Waals surface area contributed by atoms with Crippen molar-refractivity contribution in [2.75, 3.05) is 18.5 Å². The summed E-state index contributed by atoms with van der Waals surface area (Å²) in [6.45, 7) is 6.19. The highest BCUT2D eigenvalue weighted by molar-refractivity contribution is 7.17. The number of anilines is 1. The molecule has 0 fully saturated rings. The highest BCUT2D eigenvalue weighted by Gasteiger charge is 2.30. The second-order valence-corrected chi connectivity index (χ2v) is 8.27. The van der Waals surface area contributed by atoms with E-state index in [0.29, 0.717) is 16.3 Å². The predicted molar refractivity (Wildman–Crippen MR) is 114 cm³/mol. The van der Waals surface area contributed by atoms with Crippen LogP contribution in [-0.2, 0) is 24.2 Å². The van der Waals surface area contributed by atoms with Gasteiger partial charge in [-0.3, -0.25) is 9.69 Å². The quantitative estimate of drug-likeness (QED) is 0.600. The van der Waals surface area contributed by atoms with E-state index in [9.17, 15) is 9.59 Å². The molecule has 8 heteroatoms. The molecule has 0 atom stereocenters. The average molecular weight is 426 g/mol. The lowest BCUT2D eigenvalue weighted by Gasteiger charge is -2.27. The zero-order valence-corrected chi connectivity index (χ0v) is 17.8. The van der Waals surface area contributed by atoms with Gasteiger partial charge < -0.3 is 14.6 Å². The van der Waals surface area contributed by atoms with Crippen LogP contribution >= 0.6 is 11.3 Å². The monoisotopic (exact) mass is 425 g/mol. The molecule has 156 valence electrons. The molecule has 0 radical (unpaired) electrons. The van der Waals surface area contributed by atoms with Gasteiger partial charge in [-0.1, -0.05) is 35.5 Å². The fourth-order valence-electron chi connectivity index (χ4n) is 3.58. The highest BCUT2D eigenvalue weighted by Crippen LogP contribution is 2.38. The maximum atomic E-state index is 12.7. The van der Waals surface area contributed by atoms with E-state index in [1.165, 1.54) is 16.9 Å². The zero-order chi connectivity index (χ0) is 21.1. The molecule has 3 heterocycles. The van der Waals surface area contributed by atoms with Crippen molar-refractivity contribution in [3.05, 3.63) is 69.4 Å². The number of nitrogens with one attached hydrogen (secondary N) is 1. The van der Waals surface area contributed by atoms with Crippen LogP contribution in [0.4, 0.5) is 5.00 Å². The molecule has 3 aromatic rings. The summed E-state index contributed by atoms with van der Waals surface area (Å²) in [6, 6.07) is 11.9. The van der Waals surface area contributed by atoms with Gasteiger partial charge in [0.2, 0.25) is 5.76 Å². The molecular formula is C22H23N3O4S. The number of thiophene rings is 1. The number of hydrogen-bond donors (Lipinski definition) is 1. The Morgan fingerprint density at radius 1 is 1.30 bits per heavy atom. The molecule has 0 spiro atoms. The Morgan fingerprint density at radius 3 is 2.80 bits per heavy atom. The lowest BCUT2D eigenvalue weighted by Crippen LogP contribution is -2.29. The Bertz CT molecular complexity index is 1060. The van der Waals surface area contributed by atoms with Crippen LogP contribution in [0.2, 0.25) is 0 Å². The molecule has 0 unspecified atom stereocenters. The number of aryl methyl sites for hydroxylation is 1.